The van der Waals surface area contributed by atoms with E-state index in [2.05, 4.69) is 109 Å². The lowest BCUT2D eigenvalue weighted by molar-refractivity contribution is 1.17. The first kappa shape index (κ1) is 15.0. The van der Waals surface area contributed by atoms with Crippen LogP contribution in [0.2, 0.25) is 0 Å². The molecule has 1 heteroatoms. The summed E-state index contributed by atoms with van der Waals surface area (Å²) >= 11 is 0. The van der Waals surface area contributed by atoms with Crippen molar-refractivity contribution in [2.24, 2.45) is 0 Å². The van der Waals surface area contributed by atoms with Gasteiger partial charge in [0.1, 0.15) is 0 Å². The first-order valence-electron chi connectivity index (χ1n) is 8.97. The number of aromatic nitrogens is 1. The van der Waals surface area contributed by atoms with E-state index in [-0.39, 0.29) is 0 Å². The molecule has 0 fully saturated rings. The SMILES string of the molecule is Cc1cc(-c2ccccc2)cc(-n2c3ccccc3c3ccccc32)c1. The van der Waals surface area contributed by atoms with Gasteiger partial charge in [0.25, 0.3) is 0 Å². The standard InChI is InChI=1S/C25H19N/c1-18-15-20(19-9-3-2-4-10-19)17-21(16-18)26-24-13-7-5-11-22(24)23-12-6-8-14-25(23)26/h2-17H,1H3. The minimum Gasteiger partial charge on any atom is -0.309 e. The summed E-state index contributed by atoms with van der Waals surface area (Å²) in [5.74, 6) is 0. The monoisotopic (exact) mass is 333 g/mol. The zero-order valence-electron chi connectivity index (χ0n) is 14.7. The molecule has 0 N–H and O–H groups in total. The van der Waals surface area contributed by atoms with Gasteiger partial charge in [-0.3, -0.25) is 0 Å². The zero-order chi connectivity index (χ0) is 17.5. The van der Waals surface area contributed by atoms with Crippen molar-refractivity contribution in [3.8, 4) is 16.8 Å². The van der Waals surface area contributed by atoms with E-state index in [1.807, 2.05) is 0 Å². The van der Waals surface area contributed by atoms with Crippen LogP contribution in [0.4, 0.5) is 0 Å². The molecule has 0 unspecified atom stereocenters. The summed E-state index contributed by atoms with van der Waals surface area (Å²) in [5, 5.41) is 2.59. The van der Waals surface area contributed by atoms with Crippen LogP contribution in [0.25, 0.3) is 38.6 Å². The maximum atomic E-state index is 2.38. The van der Waals surface area contributed by atoms with Gasteiger partial charge in [0, 0.05) is 16.5 Å². The Morgan fingerprint density at radius 1 is 0.538 bits per heavy atom. The Kier molecular flexibility index (Phi) is 3.39. The molecule has 0 spiro atoms. The van der Waals surface area contributed by atoms with E-state index in [9.17, 15) is 0 Å². The number of fused-ring (bicyclic) bond motifs is 3. The second kappa shape index (κ2) is 5.89. The number of rotatable bonds is 2. The van der Waals surface area contributed by atoms with E-state index in [0.717, 1.165) is 0 Å². The second-order valence-corrected chi connectivity index (χ2v) is 6.79. The zero-order valence-corrected chi connectivity index (χ0v) is 14.7. The van der Waals surface area contributed by atoms with Crippen LogP contribution in [0.1, 0.15) is 5.56 Å². The lowest BCUT2D eigenvalue weighted by Crippen LogP contribution is -1.95. The molecule has 5 rings (SSSR count). The summed E-state index contributed by atoms with van der Waals surface area (Å²) < 4.78 is 2.38. The van der Waals surface area contributed by atoms with Gasteiger partial charge in [0.05, 0.1) is 11.0 Å². The molecule has 0 radical (unpaired) electrons. The molecule has 1 nitrogen and oxygen atoms in total. The van der Waals surface area contributed by atoms with Crippen molar-refractivity contribution in [3.63, 3.8) is 0 Å². The maximum absolute atomic E-state index is 2.38. The van der Waals surface area contributed by atoms with Crippen molar-refractivity contribution in [1.29, 1.82) is 0 Å². The topological polar surface area (TPSA) is 4.93 Å². The van der Waals surface area contributed by atoms with Gasteiger partial charge < -0.3 is 4.57 Å². The normalized spacial score (nSPS) is 11.3. The highest BCUT2D eigenvalue weighted by atomic mass is 15.0. The van der Waals surface area contributed by atoms with E-state index >= 15 is 0 Å². The number of benzene rings is 4. The molecule has 0 aliphatic rings. The molecular weight excluding hydrogens is 314 g/mol. The van der Waals surface area contributed by atoms with E-state index in [4.69, 9.17) is 0 Å². The number of nitrogens with zero attached hydrogens (tertiary/aromatic N) is 1. The average Bonchev–Trinajstić information content (AvgIpc) is 3.03. The van der Waals surface area contributed by atoms with E-state index in [1.165, 1.54) is 44.2 Å². The van der Waals surface area contributed by atoms with Crippen molar-refractivity contribution in [1.82, 2.24) is 4.57 Å². The highest BCUT2D eigenvalue weighted by Gasteiger charge is 2.12. The third kappa shape index (κ3) is 2.33. The van der Waals surface area contributed by atoms with Crippen LogP contribution in [0.5, 0.6) is 0 Å². The predicted molar refractivity (Wildman–Crippen MR) is 111 cm³/mol. The molecule has 0 aliphatic carbocycles. The first-order valence-corrected chi connectivity index (χ1v) is 8.97. The fourth-order valence-electron chi connectivity index (χ4n) is 3.89. The van der Waals surface area contributed by atoms with Gasteiger partial charge in [-0.15, -0.1) is 0 Å². The molecule has 0 bridgehead atoms. The molecule has 26 heavy (non-hydrogen) atoms. The molecule has 1 aromatic heterocycles. The number of hydrogen-bond acceptors (Lipinski definition) is 0. The Hall–Kier alpha value is -3.32. The van der Waals surface area contributed by atoms with Crippen LogP contribution in [0, 0.1) is 6.92 Å². The summed E-state index contributed by atoms with van der Waals surface area (Å²) in [5.41, 5.74) is 7.47. The number of para-hydroxylation sites is 2. The molecule has 5 aromatic rings. The van der Waals surface area contributed by atoms with Crippen LogP contribution in [-0.2, 0) is 0 Å². The van der Waals surface area contributed by atoms with E-state index in [0.29, 0.717) is 0 Å². The molecular formula is C25H19N. The van der Waals surface area contributed by atoms with Crippen LogP contribution in [-0.4, -0.2) is 4.57 Å². The van der Waals surface area contributed by atoms with Gasteiger partial charge in [-0.1, -0.05) is 72.8 Å². The van der Waals surface area contributed by atoms with Gasteiger partial charge in [0.2, 0.25) is 0 Å². The third-order valence-corrected chi connectivity index (χ3v) is 5.01. The quantitative estimate of drug-likeness (QED) is 0.336. The van der Waals surface area contributed by atoms with Gasteiger partial charge in [-0.05, 0) is 47.9 Å². The molecule has 0 saturated carbocycles. The van der Waals surface area contributed by atoms with Crippen LogP contribution in [0.3, 0.4) is 0 Å². The van der Waals surface area contributed by atoms with Crippen molar-refractivity contribution < 1.29 is 0 Å². The largest absolute Gasteiger partial charge is 0.309 e. The van der Waals surface area contributed by atoms with Crippen molar-refractivity contribution in [3.05, 3.63) is 103 Å². The van der Waals surface area contributed by atoms with Gasteiger partial charge >= 0.3 is 0 Å². The fraction of sp³-hybridized carbons (Fsp3) is 0.0400. The van der Waals surface area contributed by atoms with Crippen LogP contribution < -0.4 is 0 Å². The lowest BCUT2D eigenvalue weighted by Gasteiger charge is -2.12. The highest BCUT2D eigenvalue weighted by Crippen LogP contribution is 2.33. The van der Waals surface area contributed by atoms with E-state index in [1.54, 1.807) is 0 Å². The molecule has 4 aromatic carbocycles. The van der Waals surface area contributed by atoms with Crippen molar-refractivity contribution >= 4 is 21.8 Å². The van der Waals surface area contributed by atoms with Gasteiger partial charge in [-0.25, -0.2) is 0 Å². The Labute approximate surface area is 153 Å². The summed E-state index contributed by atoms with van der Waals surface area (Å²) in [7, 11) is 0. The maximum Gasteiger partial charge on any atom is 0.0541 e. The Morgan fingerprint density at radius 2 is 1.12 bits per heavy atom. The summed E-state index contributed by atoms with van der Waals surface area (Å²) in [6.07, 6.45) is 0. The summed E-state index contributed by atoms with van der Waals surface area (Å²) in [4.78, 5) is 0. The Balaban J connectivity index is 1.84. The second-order valence-electron chi connectivity index (χ2n) is 6.79. The Bertz CT molecular complexity index is 1180. The smallest absolute Gasteiger partial charge is 0.0541 e. The average molecular weight is 333 g/mol. The number of hydrogen-bond donors (Lipinski definition) is 0. The van der Waals surface area contributed by atoms with Crippen molar-refractivity contribution in [2.75, 3.05) is 0 Å². The summed E-state index contributed by atoms with van der Waals surface area (Å²) in [6, 6.07) is 34.7. The lowest BCUT2D eigenvalue weighted by atomic mass is 10.0. The third-order valence-electron chi connectivity index (χ3n) is 5.01. The first-order chi connectivity index (χ1) is 12.8. The highest BCUT2D eigenvalue weighted by molar-refractivity contribution is 6.09. The van der Waals surface area contributed by atoms with Gasteiger partial charge in [0.15, 0.2) is 0 Å². The van der Waals surface area contributed by atoms with E-state index < -0.39 is 0 Å². The van der Waals surface area contributed by atoms with Crippen LogP contribution >= 0.6 is 0 Å². The molecule has 0 amide bonds. The minimum absolute atomic E-state index is 1.21. The predicted octanol–water partition coefficient (Wildman–Crippen LogP) is 6.76. The van der Waals surface area contributed by atoms with Crippen LogP contribution in [0.15, 0.2) is 97.1 Å². The summed E-state index contributed by atoms with van der Waals surface area (Å²) in [6.45, 7) is 2.17. The molecule has 0 atom stereocenters. The molecule has 0 aliphatic heterocycles. The minimum atomic E-state index is 1.21. The van der Waals surface area contributed by atoms with Crippen molar-refractivity contribution in [2.45, 2.75) is 6.92 Å². The molecule has 0 saturated heterocycles. The Morgan fingerprint density at radius 3 is 1.77 bits per heavy atom. The molecule has 124 valence electrons. The fourth-order valence-corrected chi connectivity index (χ4v) is 3.89. The number of aryl methyl sites for hydroxylation is 1. The van der Waals surface area contributed by atoms with Gasteiger partial charge in [-0.2, -0.15) is 0 Å². The molecule has 1 heterocycles.